The molecule has 1 aromatic carbocycles. The summed E-state index contributed by atoms with van der Waals surface area (Å²) in [5, 5.41) is 0. The fraction of sp³-hybridized carbons (Fsp3) is 0.520. The molecule has 1 heterocycles. The van der Waals surface area contributed by atoms with Crippen molar-refractivity contribution >= 4 is 22.7 Å². The van der Waals surface area contributed by atoms with Crippen molar-refractivity contribution in [1.82, 2.24) is 9.62 Å². The Labute approximate surface area is 206 Å². The van der Waals surface area contributed by atoms with Gasteiger partial charge in [0.25, 0.3) is 0 Å². The molecule has 0 saturated carbocycles. The molecular formula is C25H31F3N2O4S. The quantitative estimate of drug-likeness (QED) is 0.479. The van der Waals surface area contributed by atoms with E-state index < -0.39 is 41.0 Å². The number of nitrogens with one attached hydrogen (secondary N) is 1. The monoisotopic (exact) mass is 512 g/mol. The van der Waals surface area contributed by atoms with Gasteiger partial charge in [0.2, 0.25) is 0 Å². The number of likely N-dealkylation sites (tertiary alicyclic amines) is 1. The number of halogens is 3. The van der Waals surface area contributed by atoms with Crippen LogP contribution in [0.5, 0.6) is 0 Å². The molecule has 2 aliphatic rings. The van der Waals surface area contributed by atoms with Gasteiger partial charge < -0.3 is 4.74 Å². The molecule has 10 heteroatoms. The third-order valence-electron chi connectivity index (χ3n) is 6.17. The second kappa shape index (κ2) is 12.6. The number of hydrogen-bond acceptors (Lipinski definition) is 5. The molecular weight excluding hydrogens is 481 g/mol. The molecule has 1 fully saturated rings. The van der Waals surface area contributed by atoms with Crippen LogP contribution in [0.1, 0.15) is 44.2 Å². The lowest BCUT2D eigenvalue weighted by atomic mass is 9.90. The summed E-state index contributed by atoms with van der Waals surface area (Å²) < 4.78 is 58.4. The fourth-order valence-electron chi connectivity index (χ4n) is 4.32. The summed E-state index contributed by atoms with van der Waals surface area (Å²) in [6.45, 7) is 3.22. The van der Waals surface area contributed by atoms with E-state index >= 15 is 0 Å². The summed E-state index contributed by atoms with van der Waals surface area (Å²) in [4.78, 5) is 27.8. The standard InChI is InChI=1S/C25H31F3N2O4S/c1-2-18-13-14-30(15-21(31)19-9-5-3-6-10-19)16-22(18)34-24(32)23(20-11-7-4-8-12-20)29-35(33)17-25(26,27)28/h4-5,7-12,18,22-23,29H,2-3,6,13-17H2,1H3/t18?,22-,23?,35?/m0/s1. The predicted octanol–water partition coefficient (Wildman–Crippen LogP) is 4.03. The number of ketones is 1. The van der Waals surface area contributed by atoms with E-state index in [0.29, 0.717) is 24.2 Å². The highest BCUT2D eigenvalue weighted by Gasteiger charge is 2.36. The summed E-state index contributed by atoms with van der Waals surface area (Å²) >= 11 is 0. The van der Waals surface area contributed by atoms with Crippen molar-refractivity contribution in [2.45, 2.75) is 50.9 Å². The molecule has 0 bridgehead atoms. The summed E-state index contributed by atoms with van der Waals surface area (Å²) in [6.07, 6.45) is 3.78. The Balaban J connectivity index is 1.69. The van der Waals surface area contributed by atoms with Crippen LogP contribution in [-0.4, -0.2) is 58.5 Å². The second-order valence-electron chi connectivity index (χ2n) is 8.80. The molecule has 35 heavy (non-hydrogen) atoms. The number of hydrogen-bond donors (Lipinski definition) is 1. The van der Waals surface area contributed by atoms with Crippen molar-refractivity contribution in [3.63, 3.8) is 0 Å². The Morgan fingerprint density at radius 1 is 1.23 bits per heavy atom. The van der Waals surface area contributed by atoms with Gasteiger partial charge in [-0.3, -0.25) is 9.69 Å². The number of ether oxygens (including phenoxy) is 1. The number of esters is 1. The number of carbonyl (C=O) groups is 2. The minimum absolute atomic E-state index is 0.00681. The fourth-order valence-corrected chi connectivity index (χ4v) is 5.20. The van der Waals surface area contributed by atoms with Crippen molar-refractivity contribution in [1.29, 1.82) is 0 Å². The smallest absolute Gasteiger partial charge is 0.401 e. The van der Waals surface area contributed by atoms with Crippen molar-refractivity contribution < 1.29 is 31.7 Å². The second-order valence-corrected chi connectivity index (χ2v) is 10.0. The Bertz CT molecular complexity index is 965. The van der Waals surface area contributed by atoms with Crippen LogP contribution in [0.2, 0.25) is 0 Å². The average Bonchev–Trinajstić information content (AvgIpc) is 2.82. The van der Waals surface area contributed by atoms with E-state index in [-0.39, 0.29) is 18.2 Å². The van der Waals surface area contributed by atoms with Crippen molar-refractivity contribution in [2.24, 2.45) is 5.92 Å². The molecule has 1 aromatic rings. The van der Waals surface area contributed by atoms with Crippen LogP contribution in [0, 0.1) is 5.92 Å². The van der Waals surface area contributed by atoms with Crippen LogP contribution in [-0.2, 0) is 25.3 Å². The largest absolute Gasteiger partial charge is 0.459 e. The van der Waals surface area contributed by atoms with E-state index in [1.54, 1.807) is 30.3 Å². The van der Waals surface area contributed by atoms with Gasteiger partial charge in [-0.15, -0.1) is 0 Å². The van der Waals surface area contributed by atoms with Crippen molar-refractivity contribution in [3.05, 3.63) is 59.7 Å². The lowest BCUT2D eigenvalue weighted by Crippen LogP contribution is -2.48. The first kappa shape index (κ1) is 27.3. The Kier molecular flexibility index (Phi) is 9.82. The van der Waals surface area contributed by atoms with Crippen LogP contribution in [0.15, 0.2) is 54.1 Å². The normalized spacial score (nSPS) is 22.8. The van der Waals surface area contributed by atoms with E-state index in [1.165, 1.54) is 0 Å². The molecule has 0 aromatic heterocycles. The first-order chi connectivity index (χ1) is 16.7. The van der Waals surface area contributed by atoms with Gasteiger partial charge in [0.05, 0.1) is 6.54 Å². The summed E-state index contributed by atoms with van der Waals surface area (Å²) in [6, 6.07) is 6.81. The number of benzene rings is 1. The minimum atomic E-state index is -4.64. The van der Waals surface area contributed by atoms with Crippen LogP contribution < -0.4 is 4.72 Å². The molecule has 192 valence electrons. The van der Waals surface area contributed by atoms with E-state index in [9.17, 15) is 27.0 Å². The zero-order valence-corrected chi connectivity index (χ0v) is 20.4. The van der Waals surface area contributed by atoms with Crippen LogP contribution in [0.3, 0.4) is 0 Å². The maximum absolute atomic E-state index is 13.1. The van der Waals surface area contributed by atoms with Crippen molar-refractivity contribution in [3.8, 4) is 0 Å². The molecule has 0 amide bonds. The zero-order valence-electron chi connectivity index (χ0n) is 19.6. The third kappa shape index (κ3) is 8.40. The number of piperidine rings is 1. The highest BCUT2D eigenvalue weighted by molar-refractivity contribution is 7.83. The topological polar surface area (TPSA) is 75.7 Å². The number of carbonyl (C=O) groups excluding carboxylic acids is 2. The predicted molar refractivity (Wildman–Crippen MR) is 128 cm³/mol. The van der Waals surface area contributed by atoms with Crippen LogP contribution in [0.25, 0.3) is 0 Å². The van der Waals surface area contributed by atoms with Gasteiger partial charge in [-0.05, 0) is 43.7 Å². The number of allylic oxidation sites excluding steroid dienone is 3. The molecule has 1 aliphatic heterocycles. The number of nitrogens with zero attached hydrogens (tertiary/aromatic N) is 1. The molecule has 1 saturated heterocycles. The van der Waals surface area contributed by atoms with Gasteiger partial charge in [0.1, 0.15) is 28.9 Å². The van der Waals surface area contributed by atoms with Crippen LogP contribution >= 0.6 is 0 Å². The molecule has 1 aliphatic carbocycles. The maximum Gasteiger partial charge on any atom is 0.401 e. The first-order valence-corrected chi connectivity index (χ1v) is 13.1. The highest BCUT2D eigenvalue weighted by Crippen LogP contribution is 2.27. The van der Waals surface area contributed by atoms with Gasteiger partial charge in [0, 0.05) is 12.1 Å². The molecule has 3 rings (SSSR count). The van der Waals surface area contributed by atoms with Gasteiger partial charge in [0.15, 0.2) is 5.78 Å². The molecule has 0 spiro atoms. The molecule has 6 nitrogen and oxygen atoms in total. The lowest BCUT2D eigenvalue weighted by Gasteiger charge is -2.38. The minimum Gasteiger partial charge on any atom is -0.459 e. The van der Waals surface area contributed by atoms with Gasteiger partial charge >= 0.3 is 12.1 Å². The molecule has 4 atom stereocenters. The SMILES string of the molecule is CCC1CCN(CC(=O)C2=CCCC=C2)C[C@@H]1OC(=O)C(NS(=O)CC(F)(F)F)c1ccccc1. The van der Waals surface area contributed by atoms with E-state index in [2.05, 4.69) is 4.72 Å². The summed E-state index contributed by atoms with van der Waals surface area (Å²) in [5.74, 6) is -2.31. The summed E-state index contributed by atoms with van der Waals surface area (Å²) in [5.41, 5.74) is 1.04. The molecule has 3 unspecified atom stereocenters. The summed E-state index contributed by atoms with van der Waals surface area (Å²) in [7, 11) is -2.52. The van der Waals surface area contributed by atoms with E-state index in [1.807, 2.05) is 30.1 Å². The van der Waals surface area contributed by atoms with Gasteiger partial charge in [-0.2, -0.15) is 13.2 Å². The third-order valence-corrected chi connectivity index (χ3v) is 7.26. The van der Waals surface area contributed by atoms with Gasteiger partial charge in [-0.25, -0.2) is 13.7 Å². The zero-order chi connectivity index (χ0) is 25.4. The maximum atomic E-state index is 13.1. The Morgan fingerprint density at radius 3 is 2.60 bits per heavy atom. The highest BCUT2D eigenvalue weighted by atomic mass is 32.2. The Hall–Kier alpha value is -2.30. The number of Topliss-reactive ketones (excluding diaryl/α,β-unsaturated/α-hetero) is 1. The van der Waals surface area contributed by atoms with Gasteiger partial charge in [-0.1, -0.05) is 55.5 Å². The average molecular weight is 513 g/mol. The Morgan fingerprint density at radius 2 is 1.97 bits per heavy atom. The molecule has 1 N–H and O–H groups in total. The van der Waals surface area contributed by atoms with Crippen LogP contribution in [0.4, 0.5) is 13.2 Å². The van der Waals surface area contributed by atoms with E-state index in [0.717, 1.165) is 25.7 Å². The van der Waals surface area contributed by atoms with Crippen molar-refractivity contribution in [2.75, 3.05) is 25.4 Å². The first-order valence-electron chi connectivity index (χ1n) is 11.7. The van der Waals surface area contributed by atoms with E-state index in [4.69, 9.17) is 4.74 Å². The lowest BCUT2D eigenvalue weighted by molar-refractivity contribution is -0.157. The molecule has 0 radical (unpaired) electrons. The number of rotatable bonds is 10. The number of alkyl halides is 3.